The largest absolute Gasteiger partial charge is 0.496 e. The summed E-state index contributed by atoms with van der Waals surface area (Å²) in [6.07, 6.45) is 0. The zero-order valence-electron chi connectivity index (χ0n) is 19.4. The second kappa shape index (κ2) is 7.53. The predicted molar refractivity (Wildman–Crippen MR) is 117 cm³/mol. The molecule has 1 atom stereocenters. The first kappa shape index (κ1) is 22.0. The third-order valence-corrected chi connectivity index (χ3v) is 5.58. The third kappa shape index (κ3) is 3.73. The van der Waals surface area contributed by atoms with Crippen LogP contribution >= 0.6 is 0 Å². The molecule has 1 unspecified atom stereocenters. The molecule has 5 heteroatoms. The lowest BCUT2D eigenvalue weighted by atomic mass is 9.77. The molecule has 0 saturated carbocycles. The molecule has 1 heterocycles. The summed E-state index contributed by atoms with van der Waals surface area (Å²) in [6, 6.07) is 7.78. The Morgan fingerprint density at radius 3 is 1.80 bits per heavy atom. The quantitative estimate of drug-likeness (QED) is 0.500. The van der Waals surface area contributed by atoms with E-state index in [1.54, 1.807) is 33.5 Å². The lowest BCUT2D eigenvalue weighted by Crippen LogP contribution is -2.17. The SMILES string of the molecule is COc1cc(OC)c(C2C(=O)Oc3c2cc(C(C)(C)C)cc3C(C)(C)C)c(OC)c1. The molecule has 0 fully saturated rings. The maximum Gasteiger partial charge on any atom is 0.323 e. The maximum absolute atomic E-state index is 13.2. The standard InChI is InChI=1S/C25H32O5/c1-24(2,3)14-10-16-20(23(26)30-22(16)17(11-14)25(4,5)6)21-18(28-8)12-15(27-7)13-19(21)29-9/h10-13,20H,1-9H3. The van der Waals surface area contributed by atoms with E-state index < -0.39 is 5.92 Å². The van der Waals surface area contributed by atoms with E-state index in [1.807, 2.05) is 0 Å². The minimum atomic E-state index is -0.640. The number of hydrogen-bond donors (Lipinski definition) is 0. The van der Waals surface area contributed by atoms with Gasteiger partial charge in [0.2, 0.25) is 0 Å². The smallest absolute Gasteiger partial charge is 0.323 e. The molecule has 0 saturated heterocycles. The van der Waals surface area contributed by atoms with Crippen LogP contribution in [0.3, 0.4) is 0 Å². The Bertz CT molecular complexity index is 951. The molecule has 0 aromatic heterocycles. The number of methoxy groups -OCH3 is 3. The number of rotatable bonds is 4. The molecule has 1 aliphatic rings. The zero-order valence-corrected chi connectivity index (χ0v) is 19.4. The number of carbonyl (C=O) groups is 1. The fourth-order valence-corrected chi connectivity index (χ4v) is 3.85. The van der Waals surface area contributed by atoms with Crippen molar-refractivity contribution in [3.8, 4) is 23.0 Å². The van der Waals surface area contributed by atoms with Crippen LogP contribution in [0, 0.1) is 0 Å². The first-order valence-corrected chi connectivity index (χ1v) is 10.1. The third-order valence-electron chi connectivity index (χ3n) is 5.58. The second-order valence-electron chi connectivity index (χ2n) is 9.74. The molecule has 0 amide bonds. The van der Waals surface area contributed by atoms with Gasteiger partial charge in [0, 0.05) is 23.3 Å². The van der Waals surface area contributed by atoms with Gasteiger partial charge in [0.1, 0.15) is 28.9 Å². The Balaban J connectivity index is 2.34. The van der Waals surface area contributed by atoms with E-state index in [2.05, 4.69) is 53.7 Å². The Labute approximate surface area is 179 Å². The van der Waals surface area contributed by atoms with Crippen molar-refractivity contribution in [1.29, 1.82) is 0 Å². The van der Waals surface area contributed by atoms with E-state index in [0.717, 1.165) is 16.7 Å². The summed E-state index contributed by atoms with van der Waals surface area (Å²) in [7, 11) is 4.73. The van der Waals surface area contributed by atoms with Crippen molar-refractivity contribution in [2.75, 3.05) is 21.3 Å². The normalized spacial score (nSPS) is 16.2. The van der Waals surface area contributed by atoms with E-state index in [4.69, 9.17) is 18.9 Å². The van der Waals surface area contributed by atoms with Gasteiger partial charge in [-0.2, -0.15) is 0 Å². The van der Waals surface area contributed by atoms with Crippen LogP contribution in [0.1, 0.15) is 69.7 Å². The summed E-state index contributed by atoms with van der Waals surface area (Å²) in [5.41, 5.74) is 3.40. The van der Waals surface area contributed by atoms with E-state index in [-0.39, 0.29) is 16.8 Å². The molecule has 30 heavy (non-hydrogen) atoms. The molecule has 0 spiro atoms. The minimum absolute atomic E-state index is 0.0840. The molecule has 0 aliphatic carbocycles. The van der Waals surface area contributed by atoms with Gasteiger partial charge in [-0.25, -0.2) is 0 Å². The van der Waals surface area contributed by atoms with Crippen molar-refractivity contribution in [1.82, 2.24) is 0 Å². The number of ether oxygens (including phenoxy) is 4. The van der Waals surface area contributed by atoms with Gasteiger partial charge in [-0.1, -0.05) is 53.7 Å². The van der Waals surface area contributed by atoms with Crippen LogP contribution in [0.25, 0.3) is 0 Å². The van der Waals surface area contributed by atoms with Crippen LogP contribution < -0.4 is 18.9 Å². The maximum atomic E-state index is 13.2. The van der Waals surface area contributed by atoms with Crippen molar-refractivity contribution in [2.45, 2.75) is 58.3 Å². The Hall–Kier alpha value is -2.69. The zero-order chi connectivity index (χ0) is 22.4. The number of hydrogen-bond acceptors (Lipinski definition) is 5. The van der Waals surface area contributed by atoms with E-state index in [9.17, 15) is 4.79 Å². The molecule has 0 radical (unpaired) electrons. The van der Waals surface area contributed by atoms with Gasteiger partial charge in [0.15, 0.2) is 0 Å². The highest BCUT2D eigenvalue weighted by molar-refractivity contribution is 5.92. The summed E-state index contributed by atoms with van der Waals surface area (Å²) in [6.45, 7) is 12.9. The average molecular weight is 413 g/mol. The molecule has 3 rings (SSSR count). The molecule has 2 aromatic rings. The van der Waals surface area contributed by atoms with Crippen LogP contribution in [0.15, 0.2) is 24.3 Å². The summed E-state index contributed by atoms with van der Waals surface area (Å²) in [5.74, 6) is 1.32. The van der Waals surface area contributed by atoms with E-state index >= 15 is 0 Å². The van der Waals surface area contributed by atoms with Crippen LogP contribution in [-0.2, 0) is 15.6 Å². The average Bonchev–Trinajstić information content (AvgIpc) is 2.99. The molecule has 2 aromatic carbocycles. The van der Waals surface area contributed by atoms with Gasteiger partial charge in [0.05, 0.1) is 26.9 Å². The molecular weight excluding hydrogens is 380 g/mol. The highest BCUT2D eigenvalue weighted by Crippen LogP contribution is 2.51. The molecule has 0 bridgehead atoms. The Kier molecular flexibility index (Phi) is 5.52. The topological polar surface area (TPSA) is 54.0 Å². The number of benzene rings is 2. The van der Waals surface area contributed by atoms with Crippen LogP contribution in [-0.4, -0.2) is 27.3 Å². The summed E-state index contributed by atoms with van der Waals surface area (Å²) in [4.78, 5) is 13.2. The monoisotopic (exact) mass is 412 g/mol. The summed E-state index contributed by atoms with van der Waals surface area (Å²) >= 11 is 0. The van der Waals surface area contributed by atoms with Crippen molar-refractivity contribution in [2.24, 2.45) is 0 Å². The molecule has 162 valence electrons. The van der Waals surface area contributed by atoms with Gasteiger partial charge in [-0.05, 0) is 16.4 Å². The molecule has 1 aliphatic heterocycles. The van der Waals surface area contributed by atoms with Crippen molar-refractivity contribution >= 4 is 5.97 Å². The minimum Gasteiger partial charge on any atom is -0.496 e. The molecule has 0 N–H and O–H groups in total. The first-order chi connectivity index (χ1) is 13.9. The van der Waals surface area contributed by atoms with Gasteiger partial charge < -0.3 is 18.9 Å². The van der Waals surface area contributed by atoms with E-state index in [1.165, 1.54) is 0 Å². The predicted octanol–water partition coefficient (Wildman–Crippen LogP) is 5.36. The fraction of sp³-hybridized carbons (Fsp3) is 0.480. The van der Waals surface area contributed by atoms with E-state index in [0.29, 0.717) is 28.6 Å². The van der Waals surface area contributed by atoms with Crippen LogP contribution in [0.2, 0.25) is 0 Å². The second-order valence-corrected chi connectivity index (χ2v) is 9.74. The van der Waals surface area contributed by atoms with Gasteiger partial charge in [-0.15, -0.1) is 0 Å². The van der Waals surface area contributed by atoms with Gasteiger partial charge in [-0.3, -0.25) is 4.79 Å². The van der Waals surface area contributed by atoms with Crippen molar-refractivity contribution < 1.29 is 23.7 Å². The lowest BCUT2D eigenvalue weighted by Gasteiger charge is -2.27. The van der Waals surface area contributed by atoms with Gasteiger partial charge >= 0.3 is 5.97 Å². The van der Waals surface area contributed by atoms with Gasteiger partial charge in [0.25, 0.3) is 0 Å². The number of esters is 1. The summed E-state index contributed by atoms with van der Waals surface area (Å²) < 4.78 is 22.5. The van der Waals surface area contributed by atoms with Crippen LogP contribution in [0.5, 0.6) is 23.0 Å². The highest BCUT2D eigenvalue weighted by Gasteiger charge is 2.42. The Morgan fingerprint density at radius 2 is 1.37 bits per heavy atom. The number of fused-ring (bicyclic) bond motifs is 1. The molecular formula is C25H32O5. The number of carbonyl (C=O) groups excluding carboxylic acids is 1. The fourth-order valence-electron chi connectivity index (χ4n) is 3.85. The van der Waals surface area contributed by atoms with Crippen molar-refractivity contribution in [3.63, 3.8) is 0 Å². The summed E-state index contributed by atoms with van der Waals surface area (Å²) in [5, 5.41) is 0. The van der Waals surface area contributed by atoms with Crippen LogP contribution in [0.4, 0.5) is 0 Å². The highest BCUT2D eigenvalue weighted by atomic mass is 16.5. The van der Waals surface area contributed by atoms with Crippen molar-refractivity contribution in [3.05, 3.63) is 46.5 Å². The Morgan fingerprint density at radius 1 is 0.800 bits per heavy atom. The first-order valence-electron chi connectivity index (χ1n) is 10.1. The molecule has 5 nitrogen and oxygen atoms in total. The lowest BCUT2D eigenvalue weighted by molar-refractivity contribution is -0.133.